The van der Waals surface area contributed by atoms with Gasteiger partial charge < -0.3 is 19.5 Å². The van der Waals surface area contributed by atoms with Gasteiger partial charge in [-0.3, -0.25) is 4.98 Å². The maximum absolute atomic E-state index is 11.2. The molecule has 36 heavy (non-hydrogen) atoms. The van der Waals surface area contributed by atoms with Crippen LogP contribution in [0.3, 0.4) is 0 Å². The van der Waals surface area contributed by atoms with Gasteiger partial charge in [0.25, 0.3) is 0 Å². The highest BCUT2D eigenvalue weighted by atomic mass is 35.5. The van der Waals surface area contributed by atoms with Crippen molar-refractivity contribution in [1.29, 1.82) is 5.26 Å². The molecule has 184 valence electrons. The van der Waals surface area contributed by atoms with Gasteiger partial charge >= 0.3 is 0 Å². The third kappa shape index (κ3) is 5.24. The molecule has 1 saturated heterocycles. The summed E-state index contributed by atoms with van der Waals surface area (Å²) in [5.74, 6) is 1.41. The Morgan fingerprint density at radius 2 is 1.94 bits per heavy atom. The average molecular weight is 502 g/mol. The number of fused-ring (bicyclic) bond motifs is 2. The summed E-state index contributed by atoms with van der Waals surface area (Å²) in [6, 6.07) is 19.2. The number of nitrogens with zero attached hydrogens (tertiary/aromatic N) is 3. The van der Waals surface area contributed by atoms with Gasteiger partial charge in [-0.05, 0) is 66.8 Å². The molecule has 0 unspecified atom stereocenters. The molecular formula is C29H28ClN3O3. The van der Waals surface area contributed by atoms with Crippen LogP contribution in [0.2, 0.25) is 5.02 Å². The van der Waals surface area contributed by atoms with Gasteiger partial charge in [0.15, 0.2) is 6.61 Å². The second kappa shape index (κ2) is 10.7. The minimum atomic E-state index is -0.804. The number of aromatic nitrogens is 1. The van der Waals surface area contributed by atoms with Crippen molar-refractivity contribution in [3.8, 4) is 17.6 Å². The van der Waals surface area contributed by atoms with Gasteiger partial charge in [0, 0.05) is 42.0 Å². The fourth-order valence-corrected chi connectivity index (χ4v) is 5.07. The monoisotopic (exact) mass is 501 g/mol. The van der Waals surface area contributed by atoms with Crippen LogP contribution < -0.4 is 9.47 Å². The van der Waals surface area contributed by atoms with Gasteiger partial charge in [0.1, 0.15) is 24.2 Å². The number of likely N-dealkylation sites (tertiary alicyclic amines) is 1. The van der Waals surface area contributed by atoms with Gasteiger partial charge in [-0.1, -0.05) is 35.9 Å². The molecule has 0 saturated carbocycles. The molecular weight excluding hydrogens is 474 g/mol. The van der Waals surface area contributed by atoms with Crippen LogP contribution in [0.25, 0.3) is 5.57 Å². The van der Waals surface area contributed by atoms with Crippen molar-refractivity contribution in [3.05, 3.63) is 94.3 Å². The van der Waals surface area contributed by atoms with Crippen LogP contribution in [0.15, 0.2) is 66.9 Å². The average Bonchev–Trinajstić information content (AvgIpc) is 3.06. The zero-order valence-electron chi connectivity index (χ0n) is 20.0. The predicted octanol–water partition coefficient (Wildman–Crippen LogP) is 5.34. The summed E-state index contributed by atoms with van der Waals surface area (Å²) in [6.45, 7) is 2.93. The number of aliphatic hydroxyl groups is 1. The summed E-state index contributed by atoms with van der Waals surface area (Å²) in [5, 5.41) is 20.8. The summed E-state index contributed by atoms with van der Waals surface area (Å²) >= 11 is 6.02. The van der Waals surface area contributed by atoms with Crippen molar-refractivity contribution in [2.75, 3.05) is 26.2 Å². The van der Waals surface area contributed by atoms with Crippen molar-refractivity contribution in [2.45, 2.75) is 31.5 Å². The number of hydrogen-bond acceptors (Lipinski definition) is 6. The van der Waals surface area contributed by atoms with Crippen LogP contribution in [0.5, 0.6) is 11.5 Å². The fourth-order valence-electron chi connectivity index (χ4n) is 4.95. The number of ether oxygens (including phenoxy) is 2. The molecule has 5 rings (SSSR count). The molecule has 3 heterocycles. The van der Waals surface area contributed by atoms with Gasteiger partial charge in [-0.25, -0.2) is 0 Å². The third-order valence-electron chi connectivity index (χ3n) is 6.95. The Morgan fingerprint density at radius 3 is 2.72 bits per heavy atom. The van der Waals surface area contributed by atoms with Crippen LogP contribution >= 0.6 is 11.6 Å². The number of piperidine rings is 1. The highest BCUT2D eigenvalue weighted by Crippen LogP contribution is 2.39. The number of hydrogen-bond donors (Lipinski definition) is 1. The molecule has 7 heteroatoms. The molecule has 2 aromatic carbocycles. The Balaban J connectivity index is 1.32. The van der Waals surface area contributed by atoms with Crippen LogP contribution in [0, 0.1) is 11.3 Å². The minimum Gasteiger partial charge on any atom is -0.487 e. The molecule has 1 fully saturated rings. The third-order valence-corrected chi connectivity index (χ3v) is 7.20. The van der Waals surface area contributed by atoms with Crippen LogP contribution in [0.1, 0.15) is 41.6 Å². The molecule has 0 aliphatic carbocycles. The number of rotatable bonds is 6. The standard InChI is InChI=1S/C29H28ClN3O3/c30-22-7-5-21(6-8-22)29(34)11-16-33(17-12-29)15-2-4-24-25-3-1-14-32-27(25)20-36-28-10-9-23(19-26(24)28)35-18-13-31/h1,3-10,14,19,34H,2,11-12,15-18,20H2/b24-4+. The summed E-state index contributed by atoms with van der Waals surface area (Å²) in [6.07, 6.45) is 6.24. The molecule has 0 amide bonds. The van der Waals surface area contributed by atoms with Gasteiger partial charge in [-0.15, -0.1) is 0 Å². The zero-order valence-corrected chi connectivity index (χ0v) is 20.7. The summed E-state index contributed by atoms with van der Waals surface area (Å²) in [7, 11) is 0. The molecule has 1 N–H and O–H groups in total. The molecule has 0 spiro atoms. The van der Waals surface area contributed by atoms with Gasteiger partial charge in [0.2, 0.25) is 0 Å². The van der Waals surface area contributed by atoms with E-state index in [9.17, 15) is 5.11 Å². The number of pyridine rings is 1. The van der Waals surface area contributed by atoms with E-state index in [2.05, 4.69) is 22.0 Å². The molecule has 6 nitrogen and oxygen atoms in total. The first-order chi connectivity index (χ1) is 17.6. The molecule has 2 aliphatic rings. The van der Waals surface area contributed by atoms with E-state index in [1.165, 1.54) is 0 Å². The molecule has 0 bridgehead atoms. The smallest absolute Gasteiger partial charge is 0.174 e. The zero-order chi connectivity index (χ0) is 25.0. The lowest BCUT2D eigenvalue weighted by Crippen LogP contribution is -2.42. The lowest BCUT2D eigenvalue weighted by Gasteiger charge is -2.38. The lowest BCUT2D eigenvalue weighted by molar-refractivity contribution is -0.0254. The second-order valence-corrected chi connectivity index (χ2v) is 9.61. The minimum absolute atomic E-state index is 0.00579. The normalized spacial score (nSPS) is 17.9. The predicted molar refractivity (Wildman–Crippen MR) is 139 cm³/mol. The molecule has 2 aliphatic heterocycles. The van der Waals surface area contributed by atoms with E-state index in [1.807, 2.05) is 54.6 Å². The van der Waals surface area contributed by atoms with E-state index in [0.29, 0.717) is 30.2 Å². The van der Waals surface area contributed by atoms with Gasteiger partial charge in [-0.2, -0.15) is 5.26 Å². The molecule has 0 atom stereocenters. The number of halogens is 1. The largest absolute Gasteiger partial charge is 0.487 e. The first-order valence-electron chi connectivity index (χ1n) is 12.2. The molecule has 3 aromatic rings. The van der Waals surface area contributed by atoms with Crippen LogP contribution in [-0.2, 0) is 12.2 Å². The van der Waals surface area contributed by atoms with Crippen molar-refractivity contribution in [1.82, 2.24) is 9.88 Å². The lowest BCUT2D eigenvalue weighted by atomic mass is 9.84. The Hall–Kier alpha value is -3.37. The first-order valence-corrected chi connectivity index (χ1v) is 12.6. The van der Waals surface area contributed by atoms with E-state index in [0.717, 1.165) is 59.8 Å². The maximum atomic E-state index is 11.2. The molecule has 1 aromatic heterocycles. The topological polar surface area (TPSA) is 78.6 Å². The number of benzene rings is 2. The van der Waals surface area contributed by atoms with Crippen molar-refractivity contribution in [3.63, 3.8) is 0 Å². The summed E-state index contributed by atoms with van der Waals surface area (Å²) in [4.78, 5) is 6.94. The Kier molecular flexibility index (Phi) is 7.24. The maximum Gasteiger partial charge on any atom is 0.174 e. The first kappa shape index (κ1) is 24.3. The SMILES string of the molecule is N#CCOc1ccc2c(c1)/C(=C/CCN1CCC(O)(c3ccc(Cl)cc3)CC1)c1cccnc1CO2. The van der Waals surface area contributed by atoms with E-state index < -0.39 is 5.60 Å². The van der Waals surface area contributed by atoms with E-state index >= 15 is 0 Å². The van der Waals surface area contributed by atoms with E-state index in [1.54, 1.807) is 6.20 Å². The van der Waals surface area contributed by atoms with Crippen LogP contribution in [0.4, 0.5) is 0 Å². The highest BCUT2D eigenvalue weighted by molar-refractivity contribution is 6.30. The van der Waals surface area contributed by atoms with Crippen molar-refractivity contribution in [2.24, 2.45) is 0 Å². The fraction of sp³-hybridized carbons (Fsp3) is 0.310. The Morgan fingerprint density at radius 1 is 1.14 bits per heavy atom. The quantitative estimate of drug-likeness (QED) is 0.491. The van der Waals surface area contributed by atoms with Gasteiger partial charge in [0.05, 0.1) is 11.3 Å². The summed E-state index contributed by atoms with van der Waals surface area (Å²) in [5.41, 5.74) is 4.06. The van der Waals surface area contributed by atoms with Crippen LogP contribution in [-0.4, -0.2) is 41.2 Å². The van der Waals surface area contributed by atoms with E-state index in [4.69, 9.17) is 26.3 Å². The number of nitriles is 1. The summed E-state index contributed by atoms with van der Waals surface area (Å²) < 4.78 is 11.6. The highest BCUT2D eigenvalue weighted by Gasteiger charge is 2.33. The Labute approximate surface area is 216 Å². The van der Waals surface area contributed by atoms with Crippen molar-refractivity contribution >= 4 is 17.2 Å². The Bertz CT molecular complexity index is 1290. The molecule has 0 radical (unpaired) electrons. The van der Waals surface area contributed by atoms with E-state index in [-0.39, 0.29) is 6.61 Å². The van der Waals surface area contributed by atoms with Crippen molar-refractivity contribution < 1.29 is 14.6 Å². The second-order valence-electron chi connectivity index (χ2n) is 9.18.